The maximum absolute atomic E-state index is 12.4. The fourth-order valence-corrected chi connectivity index (χ4v) is 5.05. The molecule has 1 aliphatic carbocycles. The number of aromatic nitrogens is 3. The van der Waals surface area contributed by atoms with Crippen LogP contribution in [-0.4, -0.2) is 33.0 Å². The normalized spacial score (nSPS) is 14.9. The van der Waals surface area contributed by atoms with Gasteiger partial charge in [-0.15, -0.1) is 21.5 Å². The van der Waals surface area contributed by atoms with E-state index in [0.717, 1.165) is 28.1 Å². The van der Waals surface area contributed by atoms with Gasteiger partial charge >= 0.3 is 0 Å². The molecule has 5 nitrogen and oxygen atoms in total. The smallest absolute Gasteiger partial charge is 0.230 e. The van der Waals surface area contributed by atoms with Gasteiger partial charge in [0.15, 0.2) is 11.0 Å². The van der Waals surface area contributed by atoms with Gasteiger partial charge in [-0.25, -0.2) is 0 Å². The zero-order valence-corrected chi connectivity index (χ0v) is 17.3. The Morgan fingerprint density at radius 1 is 1.11 bits per heavy atom. The van der Waals surface area contributed by atoms with Crippen molar-refractivity contribution in [2.75, 3.05) is 12.3 Å². The zero-order valence-electron chi connectivity index (χ0n) is 15.7. The van der Waals surface area contributed by atoms with Crippen molar-refractivity contribution in [1.29, 1.82) is 0 Å². The molecule has 28 heavy (non-hydrogen) atoms. The topological polar surface area (TPSA) is 59.8 Å². The number of nitrogens with zero attached hydrogens (tertiary/aromatic N) is 3. The number of rotatable bonds is 7. The minimum atomic E-state index is 0.0656. The molecule has 1 fully saturated rings. The molecule has 0 bridgehead atoms. The zero-order chi connectivity index (χ0) is 19.2. The van der Waals surface area contributed by atoms with E-state index in [1.807, 2.05) is 52.4 Å². The number of hydrogen-bond acceptors (Lipinski definition) is 5. The molecule has 2 aromatic heterocycles. The largest absolute Gasteiger partial charge is 0.355 e. The van der Waals surface area contributed by atoms with Crippen molar-refractivity contribution in [2.24, 2.45) is 5.92 Å². The lowest BCUT2D eigenvalue weighted by atomic mass is 9.89. The van der Waals surface area contributed by atoms with Crippen LogP contribution < -0.4 is 5.32 Å². The fraction of sp³-hybridized carbons (Fsp3) is 0.381. The van der Waals surface area contributed by atoms with Gasteiger partial charge < -0.3 is 5.32 Å². The van der Waals surface area contributed by atoms with Gasteiger partial charge in [-0.3, -0.25) is 9.36 Å². The summed E-state index contributed by atoms with van der Waals surface area (Å²) in [4.78, 5) is 13.4. The summed E-state index contributed by atoms with van der Waals surface area (Å²) in [6.45, 7) is 0.797. The second-order valence-corrected chi connectivity index (χ2v) is 8.94. The molecule has 0 unspecified atom stereocenters. The maximum atomic E-state index is 12.4. The third-order valence-corrected chi connectivity index (χ3v) is 6.83. The van der Waals surface area contributed by atoms with Crippen LogP contribution in [0.2, 0.25) is 0 Å². The fourth-order valence-electron chi connectivity index (χ4n) is 3.57. The van der Waals surface area contributed by atoms with Crippen LogP contribution in [0.3, 0.4) is 0 Å². The Bertz CT molecular complexity index is 887. The third-order valence-electron chi connectivity index (χ3n) is 5.03. The summed E-state index contributed by atoms with van der Waals surface area (Å²) in [6.07, 6.45) is 6.39. The lowest BCUT2D eigenvalue weighted by molar-refractivity contribution is -0.118. The lowest BCUT2D eigenvalue weighted by Gasteiger charge is -2.21. The van der Waals surface area contributed by atoms with E-state index in [1.165, 1.54) is 43.9 Å². The van der Waals surface area contributed by atoms with Crippen LogP contribution in [0.15, 0.2) is 53.0 Å². The lowest BCUT2D eigenvalue weighted by Crippen LogP contribution is -2.31. The second kappa shape index (κ2) is 9.39. The highest BCUT2D eigenvalue weighted by Gasteiger charge is 2.18. The standard InChI is InChI=1S/C21H24N4OS2/c26-19(22-14-16-8-3-1-4-9-16)15-28-21-24-23-20(18-12-7-13-27-18)25(21)17-10-5-2-6-11-17/h2,5-7,10-13,16H,1,3-4,8-9,14-15H2,(H,22,26). The van der Waals surface area contributed by atoms with E-state index < -0.39 is 0 Å². The van der Waals surface area contributed by atoms with Crippen LogP contribution in [0.5, 0.6) is 0 Å². The quantitative estimate of drug-likeness (QED) is 0.567. The third kappa shape index (κ3) is 4.64. The maximum Gasteiger partial charge on any atom is 0.230 e. The van der Waals surface area contributed by atoms with Crippen LogP contribution in [-0.2, 0) is 4.79 Å². The summed E-state index contributed by atoms with van der Waals surface area (Å²) in [5, 5.41) is 14.6. The van der Waals surface area contributed by atoms with Gasteiger partial charge in [0, 0.05) is 12.2 Å². The molecule has 1 amide bonds. The molecule has 1 aliphatic rings. The molecule has 7 heteroatoms. The molecular formula is C21H24N4OS2. The Hall–Kier alpha value is -2.12. The summed E-state index contributed by atoms with van der Waals surface area (Å²) in [7, 11) is 0. The Morgan fingerprint density at radius 2 is 1.93 bits per heavy atom. The van der Waals surface area contributed by atoms with Gasteiger partial charge in [0.1, 0.15) is 0 Å². The van der Waals surface area contributed by atoms with Crippen LogP contribution in [0.1, 0.15) is 32.1 Å². The SMILES string of the molecule is O=C(CSc1nnc(-c2cccs2)n1-c1ccccc1)NCC1CCCCC1. The molecule has 0 spiro atoms. The minimum absolute atomic E-state index is 0.0656. The molecule has 0 radical (unpaired) electrons. The summed E-state index contributed by atoms with van der Waals surface area (Å²) >= 11 is 3.07. The minimum Gasteiger partial charge on any atom is -0.355 e. The van der Waals surface area contributed by atoms with Crippen molar-refractivity contribution < 1.29 is 4.79 Å². The van der Waals surface area contributed by atoms with Crippen LogP contribution >= 0.6 is 23.1 Å². The highest BCUT2D eigenvalue weighted by molar-refractivity contribution is 7.99. The highest BCUT2D eigenvalue weighted by Crippen LogP contribution is 2.30. The molecule has 0 aliphatic heterocycles. The van der Waals surface area contributed by atoms with Crippen LogP contribution in [0.4, 0.5) is 0 Å². The van der Waals surface area contributed by atoms with Crippen molar-refractivity contribution in [3.8, 4) is 16.4 Å². The molecule has 1 saturated carbocycles. The molecule has 4 rings (SSSR count). The van der Waals surface area contributed by atoms with Crippen molar-refractivity contribution in [3.05, 3.63) is 47.8 Å². The van der Waals surface area contributed by atoms with Gasteiger partial charge in [0.2, 0.25) is 5.91 Å². The molecule has 0 atom stereocenters. The number of hydrogen-bond donors (Lipinski definition) is 1. The monoisotopic (exact) mass is 412 g/mol. The van der Waals surface area contributed by atoms with E-state index in [4.69, 9.17) is 0 Å². The number of thiophene rings is 1. The number of nitrogens with one attached hydrogen (secondary N) is 1. The first-order chi connectivity index (χ1) is 13.8. The average Bonchev–Trinajstić information content (AvgIpc) is 3.41. The molecule has 1 N–H and O–H groups in total. The Balaban J connectivity index is 1.45. The molecule has 146 valence electrons. The molecule has 3 aromatic rings. The molecular weight excluding hydrogens is 388 g/mol. The van der Waals surface area contributed by atoms with Crippen molar-refractivity contribution in [1.82, 2.24) is 20.1 Å². The number of benzene rings is 1. The van der Waals surface area contributed by atoms with Gasteiger partial charge in [-0.2, -0.15) is 0 Å². The predicted molar refractivity (Wildman–Crippen MR) is 115 cm³/mol. The number of para-hydroxylation sites is 1. The predicted octanol–water partition coefficient (Wildman–Crippen LogP) is 4.78. The number of carbonyl (C=O) groups excluding carboxylic acids is 1. The average molecular weight is 413 g/mol. The van der Waals surface area contributed by atoms with E-state index >= 15 is 0 Å². The van der Waals surface area contributed by atoms with E-state index in [-0.39, 0.29) is 5.91 Å². The van der Waals surface area contributed by atoms with Crippen molar-refractivity contribution in [2.45, 2.75) is 37.3 Å². The molecule has 0 saturated heterocycles. The Labute approximate surface area is 173 Å². The summed E-state index contributed by atoms with van der Waals surface area (Å²) < 4.78 is 2.03. The van der Waals surface area contributed by atoms with Gasteiger partial charge in [0.05, 0.1) is 10.6 Å². The van der Waals surface area contributed by atoms with Gasteiger partial charge in [-0.05, 0) is 42.3 Å². The van der Waals surface area contributed by atoms with Crippen LogP contribution in [0, 0.1) is 5.92 Å². The highest BCUT2D eigenvalue weighted by atomic mass is 32.2. The van der Waals surface area contributed by atoms with E-state index in [2.05, 4.69) is 15.5 Å². The van der Waals surface area contributed by atoms with E-state index in [0.29, 0.717) is 11.7 Å². The van der Waals surface area contributed by atoms with Gasteiger partial charge in [-0.1, -0.05) is 55.3 Å². The number of carbonyl (C=O) groups is 1. The van der Waals surface area contributed by atoms with Crippen LogP contribution in [0.25, 0.3) is 16.4 Å². The summed E-state index contributed by atoms with van der Waals surface area (Å²) in [5.41, 5.74) is 1.00. The Morgan fingerprint density at radius 3 is 2.68 bits per heavy atom. The van der Waals surface area contributed by atoms with E-state index in [1.54, 1.807) is 11.3 Å². The summed E-state index contributed by atoms with van der Waals surface area (Å²) in [5.74, 6) is 1.87. The molecule has 1 aromatic carbocycles. The second-order valence-electron chi connectivity index (χ2n) is 7.05. The molecule has 2 heterocycles. The first-order valence-corrected chi connectivity index (χ1v) is 11.6. The first-order valence-electron chi connectivity index (χ1n) is 9.75. The van der Waals surface area contributed by atoms with Gasteiger partial charge in [0.25, 0.3) is 0 Å². The first kappa shape index (κ1) is 19.2. The number of thioether (sulfide) groups is 1. The van der Waals surface area contributed by atoms with Crippen molar-refractivity contribution >= 4 is 29.0 Å². The Kier molecular flexibility index (Phi) is 6.44. The summed E-state index contributed by atoms with van der Waals surface area (Å²) in [6, 6.07) is 14.1. The number of amides is 1. The van der Waals surface area contributed by atoms with Crippen molar-refractivity contribution in [3.63, 3.8) is 0 Å². The van der Waals surface area contributed by atoms with E-state index in [9.17, 15) is 4.79 Å².